The third-order valence-electron chi connectivity index (χ3n) is 24.1. The number of ether oxygens (including phenoxy) is 1. The fourth-order valence-electron chi connectivity index (χ4n) is 17.1. The quantitative estimate of drug-likeness (QED) is 0.0251. The maximum Gasteiger partial charge on any atom is 0.259 e. The van der Waals surface area contributed by atoms with Gasteiger partial charge < -0.3 is 66.4 Å². The number of hydrogen-bond acceptors (Lipinski definition) is 21. The van der Waals surface area contributed by atoms with E-state index in [4.69, 9.17) is 19.7 Å². The van der Waals surface area contributed by atoms with Gasteiger partial charge in [-0.1, -0.05) is 80.6 Å². The lowest BCUT2D eigenvalue weighted by Gasteiger charge is -2.27. The molecular weight excluding hydrogens is 1750 g/mol. The van der Waals surface area contributed by atoms with E-state index >= 15 is 0 Å². The van der Waals surface area contributed by atoms with Gasteiger partial charge in [0.05, 0.1) is 91.1 Å². The molecule has 2 saturated heterocycles. The summed E-state index contributed by atoms with van der Waals surface area (Å²) in [4.78, 5) is 90.0. The van der Waals surface area contributed by atoms with Crippen molar-refractivity contribution in [2.24, 2.45) is 0 Å². The lowest BCUT2D eigenvalue weighted by molar-refractivity contribution is 0.0304. The molecule has 137 heavy (non-hydrogen) atoms. The number of halogens is 5. The Morgan fingerprint density at radius 3 is 1.19 bits per heavy atom. The van der Waals surface area contributed by atoms with Crippen LogP contribution >= 0.6 is 0 Å². The van der Waals surface area contributed by atoms with E-state index in [1.54, 1.807) is 84.1 Å². The first-order valence-electron chi connectivity index (χ1n) is 44.8. The summed E-state index contributed by atoms with van der Waals surface area (Å²) in [7, 11) is 1.55. The van der Waals surface area contributed by atoms with Crippen LogP contribution < -0.4 is 31.9 Å². The van der Waals surface area contributed by atoms with Crippen molar-refractivity contribution in [1.82, 2.24) is 119 Å². The molecule has 20 aromatic rings. The SMILES string of the molecule is CNC(=O)c1cnn2c(NCCc3c[nH]c4ccccc34)cc(-c3cncc(F)c3)nc12.Cc1[nH]c2c(F)cccc2c1CCNc1cc(-c2cncc(F)c2)nc2c(C(C)C)cnn12.O=C(c1cnn2c(NCCc3c[nH]c4ccccc34)cc(-c3cncc(F)c3)nc12)N1CCNCC1.O=C(c1cnn2c(NCCc3c[nH]c4ccccc34)cc(-c3cncc(F)c3)nc12)N1CCOCC1. The molecule has 0 atom stereocenters. The first kappa shape index (κ1) is 89.5. The first-order chi connectivity index (χ1) is 66.9. The standard InChI is InChI=1S/C26H25FN8O.C26H24FN7O2.C25H24F2N6.C23H20FN7O/c27-19-11-18(13-29-15-19)23-12-24(30-6-5-17-14-31-22-4-2-1-3-20(17)22)35-25(33-23)21(16-32-35)26(36)34-9-7-28-8-10-34;27-19-11-18(13-28-15-19)23-12-24(29-6-5-17-14-30-22-4-2-1-3-20(17)22)34-25(32-23)21(16-31-34)26(35)33-7-9-36-10-8-33;1-14(2)20-13-30-33-23(10-22(32-25(20)33)16-9-17(26)12-28-11-16)29-8-7-18-15(3)31-24-19(18)5-4-6-21(24)27;1-25-23(32)18-13-29-31-21(9-20(30-22(18)31)15-8-16(24)12-26-10-15)27-7-6-14-11-28-19-5-3-2-4-17(14)19/h1-4,11-16,28,30-31H,5-10H2;1-4,11-16,29-30H,5-10H2;4-6,9-14,29,31H,7-8H2,1-3H3;2-5,8-13,27-28H,6-7H2,1H3,(H,25,32). The van der Waals surface area contributed by atoms with E-state index < -0.39 is 23.3 Å². The fourth-order valence-corrected chi connectivity index (χ4v) is 17.1. The molecule has 32 nitrogen and oxygen atoms in total. The average Bonchev–Trinajstić information content (AvgIpc) is 1.65. The highest BCUT2D eigenvalue weighted by molar-refractivity contribution is 6.02. The topological polar surface area (TPSA) is 375 Å². The highest BCUT2D eigenvalue weighted by atomic mass is 19.1. The molecule has 0 spiro atoms. The molecule has 22 rings (SSSR count). The molecule has 2 aliphatic rings. The number of nitrogens with zero attached hydrogens (tertiary/aromatic N) is 18. The van der Waals surface area contributed by atoms with Gasteiger partial charge in [0.2, 0.25) is 0 Å². The molecule has 16 aromatic heterocycles. The number of carbonyl (C=O) groups is 3. The summed E-state index contributed by atoms with van der Waals surface area (Å²) in [6.45, 7) is 13.4. The second kappa shape index (κ2) is 40.0. The number of para-hydroxylation sites is 4. The summed E-state index contributed by atoms with van der Waals surface area (Å²) in [6, 6.07) is 42.4. The van der Waals surface area contributed by atoms with Gasteiger partial charge in [0.15, 0.2) is 22.6 Å². The Morgan fingerprint density at radius 2 is 0.781 bits per heavy atom. The molecule has 0 saturated carbocycles. The Morgan fingerprint density at radius 1 is 0.416 bits per heavy atom. The van der Waals surface area contributed by atoms with Crippen molar-refractivity contribution in [3.8, 4) is 45.0 Å². The molecule has 2 aliphatic heterocycles. The number of rotatable bonds is 24. The van der Waals surface area contributed by atoms with E-state index in [1.807, 2.05) is 92.4 Å². The van der Waals surface area contributed by atoms with Crippen LogP contribution in [0.3, 0.4) is 0 Å². The van der Waals surface area contributed by atoms with Gasteiger partial charge in [-0.25, -0.2) is 41.9 Å². The summed E-state index contributed by atoms with van der Waals surface area (Å²) in [5.74, 6) is 0.336. The number of aryl methyl sites for hydroxylation is 1. The van der Waals surface area contributed by atoms with Crippen LogP contribution in [0.1, 0.15) is 84.4 Å². The summed E-state index contributed by atoms with van der Waals surface area (Å²) in [5.41, 5.74) is 17.8. The number of nitrogens with one attached hydrogen (secondary N) is 10. The number of anilines is 4. The van der Waals surface area contributed by atoms with Crippen molar-refractivity contribution >= 4 is 107 Å². The number of aromatic amines is 4. The van der Waals surface area contributed by atoms with Crippen molar-refractivity contribution in [3.63, 3.8) is 0 Å². The highest BCUT2D eigenvalue weighted by Crippen LogP contribution is 2.34. The predicted molar refractivity (Wildman–Crippen MR) is 514 cm³/mol. The van der Waals surface area contributed by atoms with Crippen molar-refractivity contribution in [1.29, 1.82) is 0 Å². The number of benzene rings is 4. The molecule has 4 aromatic carbocycles. The van der Waals surface area contributed by atoms with Crippen LogP contribution in [0.4, 0.5) is 45.2 Å². The third-order valence-corrected chi connectivity index (χ3v) is 24.1. The van der Waals surface area contributed by atoms with Gasteiger partial charge in [-0.3, -0.25) is 34.3 Å². The summed E-state index contributed by atoms with van der Waals surface area (Å²) >= 11 is 0. The molecular formula is C100H93F5N28O4. The van der Waals surface area contributed by atoms with E-state index in [0.29, 0.717) is 174 Å². The number of piperazine rings is 1. The van der Waals surface area contributed by atoms with Crippen molar-refractivity contribution in [2.75, 3.05) is 107 Å². The Labute approximate surface area is 779 Å². The molecule has 0 aliphatic carbocycles. The molecule has 18 heterocycles. The molecule has 2 fully saturated rings. The number of carbonyl (C=O) groups excluding carboxylic acids is 3. The highest BCUT2D eigenvalue weighted by Gasteiger charge is 2.29. The molecule has 37 heteroatoms. The van der Waals surface area contributed by atoms with Gasteiger partial charge >= 0.3 is 0 Å². The van der Waals surface area contributed by atoms with Gasteiger partial charge in [0.25, 0.3) is 17.7 Å². The second-order valence-electron chi connectivity index (χ2n) is 33.2. The number of aromatic nitrogens is 20. The number of amides is 3. The van der Waals surface area contributed by atoms with E-state index in [0.717, 1.165) is 101 Å². The minimum Gasteiger partial charge on any atom is -0.378 e. The maximum atomic E-state index is 14.1. The number of H-pyrrole nitrogens is 4. The van der Waals surface area contributed by atoms with Crippen LogP contribution in [0.25, 0.3) is 111 Å². The van der Waals surface area contributed by atoms with E-state index in [1.165, 1.54) is 81.8 Å². The molecule has 3 amide bonds. The number of hydrogen-bond donors (Lipinski definition) is 10. The Kier molecular flexibility index (Phi) is 26.1. The van der Waals surface area contributed by atoms with Gasteiger partial charge in [0.1, 0.15) is 69.0 Å². The Hall–Kier alpha value is -16.7. The minimum atomic E-state index is -0.460. The third kappa shape index (κ3) is 19.3. The van der Waals surface area contributed by atoms with Crippen LogP contribution in [0.15, 0.2) is 232 Å². The average molecular weight is 1850 g/mol. The molecule has 692 valence electrons. The van der Waals surface area contributed by atoms with E-state index in [9.17, 15) is 36.3 Å². The monoisotopic (exact) mass is 1840 g/mol. The predicted octanol–water partition coefficient (Wildman–Crippen LogP) is 15.7. The minimum absolute atomic E-state index is 0.113. The zero-order valence-electron chi connectivity index (χ0n) is 74.9. The summed E-state index contributed by atoms with van der Waals surface area (Å²) < 4.78 is 81.6. The van der Waals surface area contributed by atoms with E-state index in [-0.39, 0.29) is 29.5 Å². The van der Waals surface area contributed by atoms with Crippen molar-refractivity contribution < 1.29 is 41.1 Å². The van der Waals surface area contributed by atoms with E-state index in [2.05, 4.69) is 141 Å². The van der Waals surface area contributed by atoms with Gasteiger partial charge in [-0.05, 0) is 109 Å². The Bertz CT molecular complexity index is 7600. The second-order valence-corrected chi connectivity index (χ2v) is 33.2. The number of pyridine rings is 4. The number of fused-ring (bicyclic) bond motifs is 8. The number of morpholine rings is 1. The smallest absolute Gasteiger partial charge is 0.259 e. The lowest BCUT2D eigenvalue weighted by Crippen LogP contribution is -2.46. The van der Waals surface area contributed by atoms with Crippen LogP contribution in [0, 0.1) is 36.0 Å². The van der Waals surface area contributed by atoms with Crippen LogP contribution in [-0.4, -0.2) is 211 Å². The first-order valence-corrected chi connectivity index (χ1v) is 44.8. The van der Waals surface area contributed by atoms with Crippen molar-refractivity contribution in [3.05, 3.63) is 312 Å². The van der Waals surface area contributed by atoms with Crippen LogP contribution in [0.5, 0.6) is 0 Å². The van der Waals surface area contributed by atoms with Crippen LogP contribution in [0.2, 0.25) is 0 Å². The van der Waals surface area contributed by atoms with Crippen molar-refractivity contribution in [2.45, 2.75) is 52.4 Å². The lowest BCUT2D eigenvalue weighted by atomic mass is 10.1. The zero-order chi connectivity index (χ0) is 94.2. The van der Waals surface area contributed by atoms with Gasteiger partial charge in [0, 0.05) is 212 Å². The zero-order valence-corrected chi connectivity index (χ0v) is 74.9. The van der Waals surface area contributed by atoms with Gasteiger partial charge in [-0.2, -0.15) is 38.5 Å². The molecule has 0 unspecified atom stereocenters. The maximum absolute atomic E-state index is 14.1. The molecule has 0 radical (unpaired) electrons. The normalized spacial score (nSPS) is 12.8. The van der Waals surface area contributed by atoms with Gasteiger partial charge in [-0.15, -0.1) is 0 Å². The Balaban J connectivity index is 0.000000117. The molecule has 10 N–H and O–H groups in total. The summed E-state index contributed by atoms with van der Waals surface area (Å²) in [6.07, 6.45) is 26.3. The molecule has 0 bridgehead atoms. The summed E-state index contributed by atoms with van der Waals surface area (Å²) in [5, 5.41) is 41.8. The fraction of sp³-hybridized carbons (Fsp3) is 0.210. The van der Waals surface area contributed by atoms with Crippen LogP contribution in [-0.2, 0) is 30.4 Å². The largest absolute Gasteiger partial charge is 0.378 e.